The predicted octanol–water partition coefficient (Wildman–Crippen LogP) is 3.73. The molecule has 4 rings (SSSR count). The Balaban J connectivity index is 1.53. The molecule has 0 unspecified atom stereocenters. The number of benzene rings is 2. The van der Waals surface area contributed by atoms with Crippen LogP contribution in [-0.4, -0.2) is 10.1 Å². The van der Waals surface area contributed by atoms with Gasteiger partial charge in [0.25, 0.3) is 5.89 Å². The molecule has 0 radical (unpaired) electrons. The minimum atomic E-state index is -0.382. The van der Waals surface area contributed by atoms with E-state index in [4.69, 9.17) is 13.7 Å². The topological polar surface area (TPSA) is 78.4 Å². The highest BCUT2D eigenvalue weighted by Gasteiger charge is 2.10. The second-order valence-corrected chi connectivity index (χ2v) is 5.58. The summed E-state index contributed by atoms with van der Waals surface area (Å²) in [6, 6.07) is 16.3. The van der Waals surface area contributed by atoms with Crippen LogP contribution in [0.1, 0.15) is 11.4 Å². The van der Waals surface area contributed by atoms with E-state index in [1.165, 1.54) is 6.07 Å². The highest BCUT2D eigenvalue weighted by atomic mass is 16.5. The summed E-state index contributed by atoms with van der Waals surface area (Å²) in [4.78, 5) is 15.8. The predicted molar refractivity (Wildman–Crippen MR) is 91.3 cm³/mol. The minimum absolute atomic E-state index is 0.151. The van der Waals surface area contributed by atoms with Crippen molar-refractivity contribution in [3.8, 4) is 17.2 Å². The summed E-state index contributed by atoms with van der Waals surface area (Å²) in [6.07, 6.45) is 0. The average Bonchev–Trinajstić information content (AvgIpc) is 3.09. The molecule has 0 amide bonds. The summed E-state index contributed by atoms with van der Waals surface area (Å²) >= 11 is 0. The number of nitrogens with zero attached hydrogens (tertiary/aromatic N) is 2. The molecule has 0 aliphatic carbocycles. The first-order chi connectivity index (χ1) is 12.2. The molecule has 2 aromatic carbocycles. The van der Waals surface area contributed by atoms with Crippen LogP contribution in [0.25, 0.3) is 22.4 Å². The third-order valence-electron chi connectivity index (χ3n) is 3.78. The third kappa shape index (κ3) is 3.14. The zero-order valence-electron chi connectivity index (χ0n) is 13.4. The summed E-state index contributed by atoms with van der Waals surface area (Å²) in [6.45, 7) is 2.02. The van der Waals surface area contributed by atoms with Crippen LogP contribution in [0.3, 0.4) is 0 Å². The zero-order valence-corrected chi connectivity index (χ0v) is 13.4. The van der Waals surface area contributed by atoms with Crippen molar-refractivity contribution < 1.29 is 13.7 Å². The van der Waals surface area contributed by atoms with Crippen LogP contribution in [0.15, 0.2) is 68.3 Å². The summed E-state index contributed by atoms with van der Waals surface area (Å²) in [5.74, 6) is 1.44. The Morgan fingerprint density at radius 1 is 1.08 bits per heavy atom. The molecule has 6 nitrogen and oxygen atoms in total. The third-order valence-corrected chi connectivity index (χ3v) is 3.78. The van der Waals surface area contributed by atoms with Crippen molar-refractivity contribution in [3.05, 3.63) is 76.4 Å². The van der Waals surface area contributed by atoms with Gasteiger partial charge in [-0.05, 0) is 36.8 Å². The van der Waals surface area contributed by atoms with Crippen LogP contribution < -0.4 is 10.4 Å². The average molecular weight is 334 g/mol. The number of aromatic nitrogens is 2. The first-order valence-corrected chi connectivity index (χ1v) is 7.74. The van der Waals surface area contributed by atoms with Gasteiger partial charge in [0, 0.05) is 23.1 Å². The monoisotopic (exact) mass is 334 g/mol. The highest BCUT2D eigenvalue weighted by molar-refractivity contribution is 5.81. The van der Waals surface area contributed by atoms with Crippen molar-refractivity contribution in [2.75, 3.05) is 0 Å². The quantitative estimate of drug-likeness (QED) is 0.529. The lowest BCUT2D eigenvalue weighted by molar-refractivity contribution is 0.287. The van der Waals surface area contributed by atoms with E-state index in [-0.39, 0.29) is 12.2 Å². The van der Waals surface area contributed by atoms with Gasteiger partial charge in [0.2, 0.25) is 5.82 Å². The summed E-state index contributed by atoms with van der Waals surface area (Å²) in [7, 11) is 0. The molecule has 0 atom stereocenters. The second kappa shape index (κ2) is 6.24. The van der Waals surface area contributed by atoms with Gasteiger partial charge in [0.05, 0.1) is 0 Å². The molecule has 0 N–H and O–H groups in total. The Hall–Kier alpha value is -3.41. The molecular weight excluding hydrogens is 320 g/mol. The number of ether oxygens (including phenoxy) is 1. The maximum absolute atomic E-state index is 11.5. The summed E-state index contributed by atoms with van der Waals surface area (Å²) in [5, 5.41) is 4.79. The molecule has 0 fully saturated rings. The van der Waals surface area contributed by atoms with Crippen molar-refractivity contribution in [2.24, 2.45) is 0 Å². The molecule has 0 aliphatic rings. The number of rotatable bonds is 4. The molecule has 2 aromatic heterocycles. The smallest absolute Gasteiger partial charge is 0.336 e. The van der Waals surface area contributed by atoms with Gasteiger partial charge in [-0.25, -0.2) is 4.79 Å². The van der Waals surface area contributed by atoms with E-state index in [1.807, 2.05) is 49.4 Å². The number of aryl methyl sites for hydroxylation is 1. The maximum Gasteiger partial charge on any atom is 0.336 e. The van der Waals surface area contributed by atoms with Crippen molar-refractivity contribution in [1.82, 2.24) is 10.1 Å². The SMILES string of the molecule is Cc1cc(=O)oc2cc(OCc3noc(-c4ccccc4)n3)ccc12. The van der Waals surface area contributed by atoms with Gasteiger partial charge >= 0.3 is 5.63 Å². The lowest BCUT2D eigenvalue weighted by Gasteiger charge is -2.05. The van der Waals surface area contributed by atoms with E-state index in [1.54, 1.807) is 6.07 Å². The van der Waals surface area contributed by atoms with E-state index in [0.29, 0.717) is 23.0 Å². The van der Waals surface area contributed by atoms with E-state index in [2.05, 4.69) is 10.1 Å². The van der Waals surface area contributed by atoms with Gasteiger partial charge in [0.15, 0.2) is 6.61 Å². The molecule has 25 heavy (non-hydrogen) atoms. The first kappa shape index (κ1) is 15.1. The fourth-order valence-electron chi connectivity index (χ4n) is 2.55. The molecule has 6 heteroatoms. The molecule has 0 bridgehead atoms. The fourth-order valence-corrected chi connectivity index (χ4v) is 2.55. The number of fused-ring (bicyclic) bond motifs is 1. The van der Waals surface area contributed by atoms with Gasteiger partial charge < -0.3 is 13.7 Å². The highest BCUT2D eigenvalue weighted by Crippen LogP contribution is 2.23. The van der Waals surface area contributed by atoms with Crippen LogP contribution in [0.2, 0.25) is 0 Å². The Morgan fingerprint density at radius 2 is 1.92 bits per heavy atom. The Kier molecular flexibility index (Phi) is 3.78. The zero-order chi connectivity index (χ0) is 17.2. The normalized spacial score (nSPS) is 10.9. The molecule has 4 aromatic rings. The lowest BCUT2D eigenvalue weighted by Crippen LogP contribution is -2.00. The van der Waals surface area contributed by atoms with Crippen molar-refractivity contribution in [1.29, 1.82) is 0 Å². The van der Waals surface area contributed by atoms with E-state index < -0.39 is 0 Å². The van der Waals surface area contributed by atoms with E-state index in [0.717, 1.165) is 16.5 Å². The maximum atomic E-state index is 11.5. The van der Waals surface area contributed by atoms with Crippen molar-refractivity contribution >= 4 is 11.0 Å². The van der Waals surface area contributed by atoms with Gasteiger partial charge in [0.1, 0.15) is 11.3 Å². The molecule has 0 spiro atoms. The molecular formula is C19H14N2O4. The van der Waals surface area contributed by atoms with Gasteiger partial charge in [-0.2, -0.15) is 4.98 Å². The van der Waals surface area contributed by atoms with Crippen molar-refractivity contribution in [2.45, 2.75) is 13.5 Å². The van der Waals surface area contributed by atoms with Gasteiger partial charge in [-0.3, -0.25) is 0 Å². The van der Waals surface area contributed by atoms with Crippen LogP contribution in [0, 0.1) is 6.92 Å². The van der Waals surface area contributed by atoms with Gasteiger partial charge in [-0.1, -0.05) is 23.4 Å². The summed E-state index contributed by atoms with van der Waals surface area (Å²) in [5.41, 5.74) is 1.82. The standard InChI is InChI=1S/C19H14N2O4/c1-12-9-18(22)24-16-10-14(7-8-15(12)16)23-11-17-20-19(25-21-17)13-5-3-2-4-6-13/h2-10H,11H2,1H3. The van der Waals surface area contributed by atoms with Crippen LogP contribution >= 0.6 is 0 Å². The Labute approximate surface area is 142 Å². The fraction of sp³-hybridized carbons (Fsp3) is 0.105. The Morgan fingerprint density at radius 3 is 2.76 bits per heavy atom. The molecule has 0 saturated heterocycles. The Bertz CT molecular complexity index is 1080. The van der Waals surface area contributed by atoms with Crippen molar-refractivity contribution in [3.63, 3.8) is 0 Å². The van der Waals surface area contributed by atoms with Gasteiger partial charge in [-0.15, -0.1) is 0 Å². The summed E-state index contributed by atoms with van der Waals surface area (Å²) < 4.78 is 16.1. The van der Waals surface area contributed by atoms with Crippen LogP contribution in [0.5, 0.6) is 5.75 Å². The molecule has 0 saturated carbocycles. The molecule has 124 valence electrons. The van der Waals surface area contributed by atoms with Crippen LogP contribution in [0.4, 0.5) is 0 Å². The molecule has 0 aliphatic heterocycles. The van der Waals surface area contributed by atoms with E-state index >= 15 is 0 Å². The lowest BCUT2D eigenvalue weighted by atomic mass is 10.1. The second-order valence-electron chi connectivity index (χ2n) is 5.58. The number of hydrogen-bond donors (Lipinski definition) is 0. The van der Waals surface area contributed by atoms with Crippen LogP contribution in [-0.2, 0) is 6.61 Å². The first-order valence-electron chi connectivity index (χ1n) is 7.74. The minimum Gasteiger partial charge on any atom is -0.485 e. The number of hydrogen-bond acceptors (Lipinski definition) is 6. The molecule has 2 heterocycles. The largest absolute Gasteiger partial charge is 0.485 e. The van der Waals surface area contributed by atoms with E-state index in [9.17, 15) is 4.79 Å².